The first-order valence-corrected chi connectivity index (χ1v) is 15.2. The second-order valence-corrected chi connectivity index (χ2v) is 11.8. The van der Waals surface area contributed by atoms with Crippen LogP contribution in [0.3, 0.4) is 0 Å². The number of ether oxygens (including phenoxy) is 1. The van der Waals surface area contributed by atoms with E-state index in [4.69, 9.17) is 20.0 Å². The van der Waals surface area contributed by atoms with Crippen LogP contribution in [-0.4, -0.2) is 98.5 Å². The minimum Gasteiger partial charge on any atom is -0.492 e. The van der Waals surface area contributed by atoms with Gasteiger partial charge in [0.2, 0.25) is 11.8 Å². The molecule has 1 aliphatic rings. The van der Waals surface area contributed by atoms with Crippen molar-refractivity contribution in [3.05, 3.63) is 84.8 Å². The largest absolute Gasteiger partial charge is 0.492 e. The van der Waals surface area contributed by atoms with Crippen molar-refractivity contribution in [2.45, 2.75) is 12.5 Å². The van der Waals surface area contributed by atoms with Crippen LogP contribution in [0, 0.1) is 0 Å². The highest BCUT2D eigenvalue weighted by Gasteiger charge is 2.43. The third-order valence-corrected chi connectivity index (χ3v) is 8.52. The third-order valence-electron chi connectivity index (χ3n) is 8.52. The van der Waals surface area contributed by atoms with E-state index in [0.29, 0.717) is 61.1 Å². The zero-order valence-corrected chi connectivity index (χ0v) is 26.1. The summed E-state index contributed by atoms with van der Waals surface area (Å²) < 4.78 is 14.5. The summed E-state index contributed by atoms with van der Waals surface area (Å²) in [6, 6.07) is 21.4. The molecule has 2 aromatic carbocycles. The van der Waals surface area contributed by atoms with Gasteiger partial charge in [-0.1, -0.05) is 30.3 Å². The SMILES string of the molecule is CN(C)CCOc1ccc(N2CCN(C(=O)[C@@](C)(c3ccccc3)n3ncc4c3nc(N)n3nc(-c5ccco5)nc43)CC2)cc1. The highest BCUT2D eigenvalue weighted by molar-refractivity contribution is 5.94. The van der Waals surface area contributed by atoms with Crippen molar-refractivity contribution in [1.82, 2.24) is 39.2 Å². The number of nitrogen functional groups attached to an aromatic ring is 1. The molecule has 7 rings (SSSR count). The molecule has 0 bridgehead atoms. The van der Waals surface area contributed by atoms with Gasteiger partial charge in [0.1, 0.15) is 12.4 Å². The Kier molecular flexibility index (Phi) is 7.53. The van der Waals surface area contributed by atoms with E-state index in [2.05, 4.69) is 37.0 Å². The molecule has 1 atom stereocenters. The van der Waals surface area contributed by atoms with Crippen LogP contribution in [-0.2, 0) is 10.3 Å². The van der Waals surface area contributed by atoms with Crippen LogP contribution in [0.4, 0.5) is 11.6 Å². The van der Waals surface area contributed by atoms with E-state index in [1.165, 1.54) is 4.52 Å². The zero-order valence-electron chi connectivity index (χ0n) is 26.1. The number of nitrogens with two attached hydrogens (primary N) is 1. The molecular formula is C33H36N10O3. The number of piperazine rings is 1. The minimum absolute atomic E-state index is 0.0778. The zero-order chi connectivity index (χ0) is 31.8. The number of carbonyl (C=O) groups is 1. The Morgan fingerprint density at radius 1 is 0.978 bits per heavy atom. The van der Waals surface area contributed by atoms with E-state index < -0.39 is 5.54 Å². The molecular weight excluding hydrogens is 584 g/mol. The molecule has 1 aliphatic heterocycles. The molecule has 0 saturated carbocycles. The molecule has 4 aromatic heterocycles. The molecule has 1 saturated heterocycles. The second kappa shape index (κ2) is 11.8. The van der Waals surface area contributed by atoms with Gasteiger partial charge in [-0.05, 0) is 63.0 Å². The molecule has 236 valence electrons. The topological polar surface area (TPSA) is 136 Å². The Bertz CT molecular complexity index is 1960. The van der Waals surface area contributed by atoms with Gasteiger partial charge in [0.05, 0.1) is 17.8 Å². The molecule has 6 aromatic rings. The quantitative estimate of drug-likeness (QED) is 0.256. The lowest BCUT2D eigenvalue weighted by Gasteiger charge is -2.40. The molecule has 13 heteroatoms. The molecule has 1 amide bonds. The lowest BCUT2D eigenvalue weighted by molar-refractivity contribution is -0.138. The monoisotopic (exact) mass is 620 g/mol. The fraction of sp³-hybridized carbons (Fsp3) is 0.303. The molecule has 5 heterocycles. The van der Waals surface area contributed by atoms with Crippen molar-refractivity contribution in [3.8, 4) is 17.3 Å². The molecule has 13 nitrogen and oxygen atoms in total. The molecule has 0 aliphatic carbocycles. The standard InChI is InChI=1S/C33H36N10O3/c1-33(23-8-5-4-6-9-23,31(44)41-17-15-40(16-18-41)24-11-13-25(14-12-24)45-21-19-39(2)3)43-30-26(22-35-43)29-36-28(27-10-7-20-46-27)38-42(29)32(34)37-30/h4-14,20,22H,15-19,21H2,1-3H3,(H2,34,37)/t33-/m1/s1. The fourth-order valence-corrected chi connectivity index (χ4v) is 5.92. The van der Waals surface area contributed by atoms with Crippen LogP contribution in [0.5, 0.6) is 5.75 Å². The van der Waals surface area contributed by atoms with Gasteiger partial charge in [-0.2, -0.15) is 14.6 Å². The van der Waals surface area contributed by atoms with Crippen LogP contribution in [0.15, 0.2) is 83.6 Å². The molecule has 0 spiro atoms. The van der Waals surface area contributed by atoms with Gasteiger partial charge in [-0.25, -0.2) is 9.67 Å². The summed E-state index contributed by atoms with van der Waals surface area (Å²) in [5.74, 6) is 1.78. The Morgan fingerprint density at radius 2 is 1.74 bits per heavy atom. The van der Waals surface area contributed by atoms with E-state index in [0.717, 1.165) is 23.5 Å². The van der Waals surface area contributed by atoms with E-state index >= 15 is 0 Å². The lowest BCUT2D eigenvalue weighted by atomic mass is 9.90. The van der Waals surface area contributed by atoms with Crippen LogP contribution in [0.25, 0.3) is 28.3 Å². The molecule has 46 heavy (non-hydrogen) atoms. The molecule has 0 radical (unpaired) electrons. The Morgan fingerprint density at radius 3 is 2.43 bits per heavy atom. The molecule has 1 fully saturated rings. The van der Waals surface area contributed by atoms with Gasteiger partial charge in [0.15, 0.2) is 22.6 Å². The number of anilines is 2. The van der Waals surface area contributed by atoms with Crippen molar-refractivity contribution >= 4 is 34.2 Å². The minimum atomic E-state index is -1.21. The van der Waals surface area contributed by atoms with Crippen molar-refractivity contribution in [1.29, 1.82) is 0 Å². The number of rotatable bonds is 9. The molecule has 2 N–H and O–H groups in total. The van der Waals surface area contributed by atoms with Crippen molar-refractivity contribution in [2.24, 2.45) is 0 Å². The maximum absolute atomic E-state index is 14.6. The summed E-state index contributed by atoms with van der Waals surface area (Å²) in [5.41, 5.74) is 7.99. The van der Waals surface area contributed by atoms with Crippen molar-refractivity contribution < 1.29 is 13.9 Å². The van der Waals surface area contributed by atoms with Gasteiger partial charge in [0.25, 0.3) is 5.91 Å². The number of likely N-dealkylation sites (N-methyl/N-ethyl adjacent to an activating group) is 1. The number of fused-ring (bicyclic) bond motifs is 3. The Balaban J connectivity index is 1.17. The predicted octanol–water partition coefficient (Wildman–Crippen LogP) is 3.37. The summed E-state index contributed by atoms with van der Waals surface area (Å²) >= 11 is 0. The number of amides is 1. The van der Waals surface area contributed by atoms with Gasteiger partial charge in [-0.15, -0.1) is 5.10 Å². The number of carbonyl (C=O) groups excluding carboxylic acids is 1. The van der Waals surface area contributed by atoms with E-state index in [-0.39, 0.29) is 11.9 Å². The van der Waals surface area contributed by atoms with Crippen LogP contribution in [0.1, 0.15) is 12.5 Å². The Labute approximate surface area is 265 Å². The number of aromatic nitrogens is 6. The summed E-state index contributed by atoms with van der Waals surface area (Å²) in [7, 11) is 4.05. The number of nitrogens with zero attached hydrogens (tertiary/aromatic N) is 9. The number of furan rings is 1. The van der Waals surface area contributed by atoms with Gasteiger partial charge < -0.3 is 29.6 Å². The van der Waals surface area contributed by atoms with Gasteiger partial charge in [0, 0.05) is 38.4 Å². The first-order chi connectivity index (χ1) is 22.3. The highest BCUT2D eigenvalue weighted by Crippen LogP contribution is 2.33. The summed E-state index contributed by atoms with van der Waals surface area (Å²) in [4.78, 5) is 30.3. The first-order valence-electron chi connectivity index (χ1n) is 15.2. The average molecular weight is 621 g/mol. The van der Waals surface area contributed by atoms with Crippen molar-refractivity contribution in [2.75, 3.05) is 64.1 Å². The third kappa shape index (κ3) is 5.17. The maximum Gasteiger partial charge on any atom is 0.255 e. The second-order valence-electron chi connectivity index (χ2n) is 11.8. The normalized spacial score (nSPS) is 15.1. The smallest absolute Gasteiger partial charge is 0.255 e. The average Bonchev–Trinajstić information content (AvgIpc) is 3.85. The van der Waals surface area contributed by atoms with E-state index in [9.17, 15) is 4.79 Å². The highest BCUT2D eigenvalue weighted by atomic mass is 16.5. The van der Waals surface area contributed by atoms with Crippen molar-refractivity contribution in [3.63, 3.8) is 0 Å². The number of hydrogen-bond acceptors (Lipinski definition) is 10. The van der Waals surface area contributed by atoms with Crippen LogP contribution >= 0.6 is 0 Å². The summed E-state index contributed by atoms with van der Waals surface area (Å²) in [5, 5.41) is 9.86. The number of benzene rings is 2. The lowest BCUT2D eigenvalue weighted by Crippen LogP contribution is -2.56. The first kappa shape index (κ1) is 29.3. The summed E-state index contributed by atoms with van der Waals surface area (Å²) in [6.45, 7) is 5.87. The van der Waals surface area contributed by atoms with Gasteiger partial charge in [-0.3, -0.25) is 4.79 Å². The molecule has 0 unspecified atom stereocenters. The van der Waals surface area contributed by atoms with Gasteiger partial charge >= 0.3 is 0 Å². The number of hydrogen-bond donors (Lipinski definition) is 1. The van der Waals surface area contributed by atoms with Crippen LogP contribution in [0.2, 0.25) is 0 Å². The maximum atomic E-state index is 14.6. The van der Waals surface area contributed by atoms with Crippen LogP contribution < -0.4 is 15.4 Å². The fourth-order valence-electron chi connectivity index (χ4n) is 5.92. The summed E-state index contributed by atoms with van der Waals surface area (Å²) in [6.07, 6.45) is 3.23. The van der Waals surface area contributed by atoms with E-state index in [1.54, 1.807) is 29.3 Å². The van der Waals surface area contributed by atoms with E-state index in [1.807, 2.05) is 68.4 Å². The predicted molar refractivity (Wildman–Crippen MR) is 175 cm³/mol. The Hall–Kier alpha value is -5.43.